The van der Waals surface area contributed by atoms with Crippen molar-refractivity contribution in [3.63, 3.8) is 0 Å². The maximum atomic E-state index is 9.44. The molecule has 4 aliphatic rings. The molecule has 4 aliphatic carbocycles. The highest BCUT2D eigenvalue weighted by Gasteiger charge is 2.56. The van der Waals surface area contributed by atoms with Crippen molar-refractivity contribution in [2.24, 2.45) is 34.5 Å². The second-order valence-corrected chi connectivity index (χ2v) is 11.9. The lowest BCUT2D eigenvalue weighted by Crippen LogP contribution is -2.49. The molecule has 3 unspecified atom stereocenters. The van der Waals surface area contributed by atoms with Crippen LogP contribution < -0.4 is 0 Å². The van der Waals surface area contributed by atoms with E-state index in [2.05, 4.69) is 70.1 Å². The first-order valence-corrected chi connectivity index (χ1v) is 15.0. The third-order valence-electron chi connectivity index (χ3n) is 9.34. The molecule has 2 saturated carbocycles. The van der Waals surface area contributed by atoms with Gasteiger partial charge < -0.3 is 4.79 Å². The van der Waals surface area contributed by atoms with Crippen molar-refractivity contribution < 1.29 is 4.79 Å². The minimum atomic E-state index is 0.167. The predicted octanol–water partition coefficient (Wildman–Crippen LogP) is 10.1. The minimum absolute atomic E-state index is 0.167. The van der Waals surface area contributed by atoms with Crippen molar-refractivity contribution in [2.45, 2.75) is 120 Å². The summed E-state index contributed by atoms with van der Waals surface area (Å²) >= 11 is 0. The number of aromatic nitrogens is 1. The molecule has 2 nitrogen and oxygen atoms in total. The van der Waals surface area contributed by atoms with Crippen molar-refractivity contribution in [3.8, 4) is 0 Å². The first-order valence-electron chi connectivity index (χ1n) is 15.0. The lowest BCUT2D eigenvalue weighted by atomic mass is 9.47. The zero-order valence-corrected chi connectivity index (χ0v) is 25.0. The summed E-state index contributed by atoms with van der Waals surface area (Å²) in [6.45, 7) is 18.9. The van der Waals surface area contributed by atoms with Crippen LogP contribution in [0.25, 0.3) is 5.57 Å². The molecule has 2 fully saturated rings. The van der Waals surface area contributed by atoms with Crippen LogP contribution in [0, 0.1) is 34.5 Å². The molecule has 1 heterocycles. The monoisotopic (exact) mass is 493 g/mol. The normalized spacial score (nSPS) is 33.8. The Morgan fingerprint density at radius 3 is 2.19 bits per heavy atom. The molecule has 36 heavy (non-hydrogen) atoms. The lowest BCUT2D eigenvalue weighted by Gasteiger charge is -2.58. The van der Waals surface area contributed by atoms with Crippen molar-refractivity contribution >= 4 is 11.4 Å². The zero-order valence-electron chi connectivity index (χ0n) is 25.0. The average molecular weight is 494 g/mol. The van der Waals surface area contributed by atoms with E-state index in [1.807, 2.05) is 25.6 Å². The van der Waals surface area contributed by atoms with Crippen molar-refractivity contribution in [1.29, 1.82) is 0 Å². The summed E-state index contributed by atoms with van der Waals surface area (Å²) in [5.41, 5.74) is 5.64. The molecule has 0 saturated heterocycles. The Balaban J connectivity index is 0.000000447. The summed E-state index contributed by atoms with van der Waals surface area (Å²) in [5, 5.41) is 0. The number of pyridine rings is 1. The zero-order chi connectivity index (χ0) is 26.9. The Labute approximate surface area is 223 Å². The highest BCUT2D eigenvalue weighted by Crippen LogP contribution is 2.66. The van der Waals surface area contributed by atoms with Crippen LogP contribution in [-0.4, -0.2) is 10.8 Å². The molecule has 0 spiro atoms. The summed E-state index contributed by atoms with van der Waals surface area (Å²) in [7, 11) is 0. The number of Topliss-reactive ketones (excluding diaryl/α,β-unsaturated/α-hetero) is 1. The SMILES string of the molecule is CC.CC(C)=O.CCC.CC[C@H]1CC[C@@]2(C)C(=CCC3C2CC[C@]2(C)C(c4cccnc4)=CCC32)C1. The van der Waals surface area contributed by atoms with Crippen molar-refractivity contribution in [2.75, 3.05) is 0 Å². The van der Waals surface area contributed by atoms with E-state index in [4.69, 9.17) is 0 Å². The van der Waals surface area contributed by atoms with Gasteiger partial charge in [0.05, 0.1) is 0 Å². The van der Waals surface area contributed by atoms with Gasteiger partial charge in [0.15, 0.2) is 0 Å². The second-order valence-electron chi connectivity index (χ2n) is 11.9. The van der Waals surface area contributed by atoms with Gasteiger partial charge in [-0.25, -0.2) is 0 Å². The fraction of sp³-hybridized carbons (Fsp3) is 0.706. The quantitative estimate of drug-likeness (QED) is 0.383. The fourth-order valence-electron chi connectivity index (χ4n) is 7.62. The molecule has 6 atom stereocenters. The molecule has 0 radical (unpaired) electrons. The van der Waals surface area contributed by atoms with Gasteiger partial charge >= 0.3 is 0 Å². The molecule has 0 aromatic carbocycles. The van der Waals surface area contributed by atoms with Crippen LogP contribution in [0.2, 0.25) is 0 Å². The molecular formula is C34H55NO. The average Bonchev–Trinajstić information content (AvgIpc) is 3.23. The largest absolute Gasteiger partial charge is 0.300 e. The van der Waals surface area contributed by atoms with Gasteiger partial charge in [-0.1, -0.05) is 85.1 Å². The number of allylic oxidation sites excluding steroid dienone is 4. The molecule has 1 aromatic rings. The van der Waals surface area contributed by atoms with Crippen LogP contribution in [0.5, 0.6) is 0 Å². The number of carbonyl (C=O) groups is 1. The first kappa shape index (κ1) is 30.5. The molecule has 0 N–H and O–H groups in total. The first-order chi connectivity index (χ1) is 17.2. The Morgan fingerprint density at radius 1 is 0.972 bits per heavy atom. The smallest absolute Gasteiger partial charge is 0.126 e. The highest BCUT2D eigenvalue weighted by atomic mass is 16.1. The number of carbonyl (C=O) groups excluding carboxylic acids is 1. The fourth-order valence-corrected chi connectivity index (χ4v) is 7.62. The summed E-state index contributed by atoms with van der Waals surface area (Å²) in [6.07, 6.45) is 21.5. The van der Waals surface area contributed by atoms with Gasteiger partial charge in [0.25, 0.3) is 0 Å². The van der Waals surface area contributed by atoms with Gasteiger partial charge in [-0.15, -0.1) is 0 Å². The van der Waals surface area contributed by atoms with Gasteiger partial charge in [-0.05, 0) is 110 Å². The van der Waals surface area contributed by atoms with Gasteiger partial charge in [0, 0.05) is 12.4 Å². The van der Waals surface area contributed by atoms with Gasteiger partial charge in [-0.3, -0.25) is 4.98 Å². The molecule has 0 aliphatic heterocycles. The Kier molecular flexibility index (Phi) is 11.6. The number of rotatable bonds is 2. The van der Waals surface area contributed by atoms with Crippen LogP contribution in [0.4, 0.5) is 0 Å². The summed E-state index contributed by atoms with van der Waals surface area (Å²) in [5.74, 6) is 3.72. The third kappa shape index (κ3) is 6.40. The minimum Gasteiger partial charge on any atom is -0.300 e. The number of nitrogens with zero attached hydrogens (tertiary/aromatic N) is 1. The van der Waals surface area contributed by atoms with E-state index in [-0.39, 0.29) is 5.78 Å². The molecule has 5 rings (SSSR count). The highest BCUT2D eigenvalue weighted by molar-refractivity contribution is 5.72. The van der Waals surface area contributed by atoms with E-state index in [0.717, 1.165) is 23.7 Å². The summed E-state index contributed by atoms with van der Waals surface area (Å²) in [6, 6.07) is 4.37. The number of fused-ring (bicyclic) bond motifs is 5. The van der Waals surface area contributed by atoms with E-state index in [0.29, 0.717) is 10.8 Å². The lowest BCUT2D eigenvalue weighted by molar-refractivity contribution is -0.114. The van der Waals surface area contributed by atoms with Crippen LogP contribution in [0.1, 0.15) is 126 Å². The third-order valence-corrected chi connectivity index (χ3v) is 9.34. The number of hydrogen-bond acceptors (Lipinski definition) is 2. The van der Waals surface area contributed by atoms with Crippen LogP contribution in [-0.2, 0) is 4.79 Å². The molecule has 1 aromatic heterocycles. The van der Waals surface area contributed by atoms with Gasteiger partial charge in [0.2, 0.25) is 0 Å². The van der Waals surface area contributed by atoms with Gasteiger partial charge in [-0.2, -0.15) is 0 Å². The Bertz CT molecular complexity index is 880. The van der Waals surface area contributed by atoms with Gasteiger partial charge in [0.1, 0.15) is 5.78 Å². The Morgan fingerprint density at radius 2 is 1.61 bits per heavy atom. The Hall–Kier alpha value is -1.70. The molecule has 0 bridgehead atoms. The second kappa shape index (κ2) is 13.7. The standard InChI is InChI=1S/C26H35N.C3H6O.C3H8.C2H6/c1-4-18-11-13-25(2)20(16-18)7-8-21-23-10-9-22(19-6-5-15-27-17-19)26(23,3)14-12-24(21)25;1-3(2)4;1-3-2;1-2/h5-7,9,15,17-18,21,23-24H,4,8,10-14,16H2,1-3H3;1-2H3;3H2,1-2H3;1-2H3/t18-,21?,23?,24?,25-,26+;;;/m0.../s1. The van der Waals surface area contributed by atoms with E-state index in [1.54, 1.807) is 5.57 Å². The molecule has 202 valence electrons. The number of ketones is 1. The molecule has 2 heteroatoms. The topological polar surface area (TPSA) is 30.0 Å². The maximum absolute atomic E-state index is 9.44. The van der Waals surface area contributed by atoms with Crippen LogP contribution >= 0.6 is 0 Å². The van der Waals surface area contributed by atoms with E-state index in [9.17, 15) is 4.79 Å². The summed E-state index contributed by atoms with van der Waals surface area (Å²) < 4.78 is 0. The maximum Gasteiger partial charge on any atom is 0.126 e. The van der Waals surface area contributed by atoms with E-state index in [1.165, 1.54) is 77.2 Å². The van der Waals surface area contributed by atoms with Crippen molar-refractivity contribution in [3.05, 3.63) is 47.8 Å². The van der Waals surface area contributed by atoms with E-state index >= 15 is 0 Å². The van der Waals surface area contributed by atoms with E-state index < -0.39 is 0 Å². The molecular weight excluding hydrogens is 438 g/mol. The van der Waals surface area contributed by atoms with Crippen LogP contribution in [0.15, 0.2) is 42.3 Å². The summed E-state index contributed by atoms with van der Waals surface area (Å²) in [4.78, 5) is 13.9. The van der Waals surface area contributed by atoms with Crippen LogP contribution in [0.3, 0.4) is 0 Å². The predicted molar refractivity (Wildman–Crippen MR) is 157 cm³/mol. The number of hydrogen-bond donors (Lipinski definition) is 0. The van der Waals surface area contributed by atoms with Crippen molar-refractivity contribution in [1.82, 2.24) is 4.98 Å². The molecule has 0 amide bonds.